The van der Waals surface area contributed by atoms with Crippen LogP contribution in [0.4, 0.5) is 16.7 Å². The predicted molar refractivity (Wildman–Crippen MR) is 380 cm³/mol. The molecule has 1 saturated carbocycles. The van der Waals surface area contributed by atoms with Gasteiger partial charge < -0.3 is 69.1 Å². The molecule has 562 valence electrons. The molecule has 2 amide bonds. The number of ketones is 4. The number of piperidine rings is 1. The lowest BCUT2D eigenvalue weighted by molar-refractivity contribution is -0.265. The highest BCUT2D eigenvalue weighted by atomic mass is 16.6. The number of rotatable bonds is 15. The van der Waals surface area contributed by atoms with Crippen molar-refractivity contribution in [2.45, 2.75) is 199 Å². The predicted octanol–water partition coefficient (Wildman–Crippen LogP) is 5.16. The molecule has 6 aliphatic heterocycles. The number of nitrogens with two attached hydrogens (primary N) is 1. The maximum Gasteiger partial charge on any atom is 0.410 e. The van der Waals surface area contributed by atoms with Gasteiger partial charge in [-0.3, -0.25) is 33.8 Å². The van der Waals surface area contributed by atoms with Crippen molar-refractivity contribution in [3.8, 4) is 0 Å². The normalized spacial score (nSPS) is 32.0. The Bertz CT molecular complexity index is 3320. The monoisotopic (exact) mass is 1420 g/mol. The molecule has 2 aromatic heterocycles. The van der Waals surface area contributed by atoms with Crippen LogP contribution < -0.4 is 15.5 Å². The number of carbonyl (C=O) groups excluding carboxylic acids is 7. The van der Waals surface area contributed by atoms with Crippen molar-refractivity contribution in [2.24, 2.45) is 35.3 Å². The fourth-order valence-electron chi connectivity index (χ4n) is 15.1. The molecule has 27 nitrogen and oxygen atoms in total. The van der Waals surface area contributed by atoms with E-state index in [1.807, 2.05) is 50.4 Å². The third kappa shape index (κ3) is 20.8. The van der Waals surface area contributed by atoms with Gasteiger partial charge in [-0.15, -0.1) is 0 Å². The number of fused-ring (bicyclic) bond motifs is 4. The van der Waals surface area contributed by atoms with Crippen LogP contribution in [0.15, 0.2) is 66.2 Å². The number of aromatic nitrogens is 4. The number of hydrogen-bond acceptors (Lipinski definition) is 25. The number of cyclic esters (lactones) is 1. The number of anilines is 2. The molecule has 0 unspecified atom stereocenters. The number of carbonyl (C=O) groups is 7. The molecule has 1 aliphatic carbocycles. The maximum atomic E-state index is 14.7. The summed E-state index contributed by atoms with van der Waals surface area (Å²) < 4.78 is 36.6. The first-order valence-electron chi connectivity index (χ1n) is 36.9. The van der Waals surface area contributed by atoms with Crippen molar-refractivity contribution < 1.29 is 77.3 Å². The van der Waals surface area contributed by atoms with Crippen molar-refractivity contribution in [3.63, 3.8) is 0 Å². The second-order valence-corrected chi connectivity index (χ2v) is 29.3. The lowest BCUT2D eigenvalue weighted by Gasteiger charge is -2.42. The van der Waals surface area contributed by atoms with Crippen LogP contribution in [-0.2, 0) is 65.4 Å². The molecule has 8 heterocycles. The molecule has 0 radical (unpaired) electrons. The summed E-state index contributed by atoms with van der Waals surface area (Å²) in [7, 11) is 3.11. The number of esters is 1. The van der Waals surface area contributed by atoms with Gasteiger partial charge in [0.1, 0.15) is 36.2 Å². The van der Waals surface area contributed by atoms with E-state index in [-0.39, 0.29) is 55.5 Å². The Hall–Kier alpha value is -6.79. The Morgan fingerprint density at radius 2 is 1.42 bits per heavy atom. The van der Waals surface area contributed by atoms with Crippen LogP contribution in [0.2, 0.25) is 0 Å². The zero-order chi connectivity index (χ0) is 73.4. The minimum atomic E-state index is -2.50. The molecule has 0 spiro atoms. The molecule has 102 heavy (non-hydrogen) atoms. The Kier molecular flexibility index (Phi) is 29.0. The molecule has 9 rings (SSSR count). The van der Waals surface area contributed by atoms with Gasteiger partial charge in [-0.1, -0.05) is 64.2 Å². The van der Waals surface area contributed by atoms with Gasteiger partial charge in [0.25, 0.3) is 11.7 Å². The van der Waals surface area contributed by atoms with Crippen LogP contribution in [0.1, 0.15) is 147 Å². The standard InChI is InChI=1S/C75H111N11O16/c1-47-15-11-10-12-16-48(2)63(97-8)41-57-20-18-52(6)75(96,102-57)69(92)70(93)86-23-14-13-17-60(86)71(94)100-64(42-61(88)49(3)38-51(5)67(90)68(91)66(89)50(4)37-47)58(76)39-54-19-21-62(65(40-54)98-9)101-74(95)85-24-22-59-56(46-85)45-79-73(80-59)84-31-27-82(28-32-84)34-36-99-35-33-81-25-29-83(30-26-81)72-77-43-55(44-78-72)53(7)87/h10-12,15-16,38,43-45,47,49-50,52,54,57-58,60,62-65,67-68,90-91,96H,13-14,17-37,39-42,46,76H2,1-9H3/b12-10?,15-11+,48-16?,51-38+/t47-,49-,50-,52-,54+,57+,58-,60+,62-,63+,64+,65-,67-,68+,75-/m1/s1. The zero-order valence-corrected chi connectivity index (χ0v) is 61.3. The lowest BCUT2D eigenvalue weighted by Crippen LogP contribution is -2.61. The van der Waals surface area contributed by atoms with Crippen LogP contribution in [0.5, 0.6) is 0 Å². The second kappa shape index (κ2) is 37.3. The number of nitrogens with zero attached hydrogens (tertiary/aromatic N) is 10. The van der Waals surface area contributed by atoms with Crippen molar-refractivity contribution >= 4 is 53.0 Å². The largest absolute Gasteiger partial charge is 0.459 e. The van der Waals surface area contributed by atoms with E-state index in [0.717, 1.165) is 87.2 Å². The first-order chi connectivity index (χ1) is 48.8. The van der Waals surface area contributed by atoms with Gasteiger partial charge in [0.05, 0.1) is 49.3 Å². The third-order valence-corrected chi connectivity index (χ3v) is 21.9. The topological polar surface area (TPSA) is 333 Å². The van der Waals surface area contributed by atoms with E-state index in [9.17, 15) is 48.9 Å². The summed E-state index contributed by atoms with van der Waals surface area (Å²) in [5, 5.41) is 34.7. The van der Waals surface area contributed by atoms with Gasteiger partial charge in [-0.2, -0.15) is 0 Å². The highest BCUT2D eigenvalue weighted by Gasteiger charge is 2.53. The fraction of sp³-hybridized carbons (Fsp3) is 0.693. The number of piperazine rings is 2. The van der Waals surface area contributed by atoms with Crippen molar-refractivity contribution in [1.29, 1.82) is 0 Å². The Labute approximate surface area is 600 Å². The van der Waals surface area contributed by atoms with Gasteiger partial charge in [-0.05, 0) is 108 Å². The summed E-state index contributed by atoms with van der Waals surface area (Å²) in [6.45, 7) is 22.1. The average Bonchev–Trinajstić information content (AvgIpc) is 0.773. The van der Waals surface area contributed by atoms with E-state index in [4.69, 9.17) is 44.1 Å². The summed E-state index contributed by atoms with van der Waals surface area (Å²) in [5.74, 6) is -7.91. The fourth-order valence-corrected chi connectivity index (χ4v) is 15.1. The molecule has 0 aromatic carbocycles. The summed E-state index contributed by atoms with van der Waals surface area (Å²) in [5.41, 5.74) is 10.4. The molecule has 5 N–H and O–H groups in total. The van der Waals surface area contributed by atoms with E-state index in [1.165, 1.54) is 19.9 Å². The SMILES string of the molecule is CO[C@H]1C[C@@H]2CC[C@@H](C)[C@@](O)(O2)C(=O)C(=O)N2CCCC[C@H]2C(=O)O[C@H]([C@H](N)C[C@@H]2CC[C@@H](OC(=O)N3CCc4nc(N5CCN(CCOCCN6CCN(c7ncc(C(C)=O)cn7)CC6)CC5)ncc4C3)[C@H](OC)C2)CC(=O)[C@H](C)/C=C(\C)[C@@H](O)[C@@H](O)C(=O)[C@H](C)C[C@H](C)/C=C/C=CC=C1C. The van der Waals surface area contributed by atoms with E-state index in [2.05, 4.69) is 29.6 Å². The van der Waals surface area contributed by atoms with Gasteiger partial charge >= 0.3 is 12.1 Å². The Morgan fingerprint density at radius 3 is 2.09 bits per heavy atom. The average molecular weight is 1420 g/mol. The number of ether oxygens (including phenoxy) is 6. The van der Waals surface area contributed by atoms with Crippen molar-refractivity contribution in [1.82, 2.24) is 39.5 Å². The van der Waals surface area contributed by atoms with Crippen LogP contribution >= 0.6 is 0 Å². The van der Waals surface area contributed by atoms with Gasteiger partial charge in [0, 0.05) is 160 Å². The molecule has 27 heteroatoms. The first-order valence-corrected chi connectivity index (χ1v) is 36.9. The highest BCUT2D eigenvalue weighted by Crippen LogP contribution is 2.38. The number of hydrogen-bond donors (Lipinski definition) is 4. The molecular formula is C75H111N11O16. The lowest BCUT2D eigenvalue weighted by atomic mass is 9.80. The molecule has 5 fully saturated rings. The van der Waals surface area contributed by atoms with E-state index in [0.29, 0.717) is 95.0 Å². The molecule has 7 aliphatic rings. The quantitative estimate of drug-likeness (QED) is 0.0588. The number of amides is 2. The second-order valence-electron chi connectivity index (χ2n) is 29.3. The van der Waals surface area contributed by atoms with Gasteiger partial charge in [0.15, 0.2) is 11.6 Å². The summed E-state index contributed by atoms with van der Waals surface area (Å²) >= 11 is 0. The number of aliphatic hydroxyl groups is 3. The maximum absolute atomic E-state index is 14.7. The minimum absolute atomic E-state index is 0.00885. The molecule has 2 bridgehead atoms. The summed E-state index contributed by atoms with van der Waals surface area (Å²) in [6.07, 6.45) is 12.8. The van der Waals surface area contributed by atoms with E-state index >= 15 is 0 Å². The Balaban J connectivity index is 0.788. The van der Waals surface area contributed by atoms with Crippen LogP contribution in [0.25, 0.3) is 0 Å². The van der Waals surface area contributed by atoms with Crippen LogP contribution in [0.3, 0.4) is 0 Å². The number of Topliss-reactive ketones (excluding diaryl/α,β-unsaturated/α-hetero) is 4. The van der Waals surface area contributed by atoms with E-state index in [1.54, 1.807) is 52.3 Å². The smallest absolute Gasteiger partial charge is 0.410 e. The van der Waals surface area contributed by atoms with Crippen molar-refractivity contribution in [2.75, 3.05) is 116 Å². The molecule has 2 aromatic rings. The first kappa shape index (κ1) is 79.3. The molecular weight excluding hydrogens is 1310 g/mol. The number of aliphatic hydroxyl groups excluding tert-OH is 2. The van der Waals surface area contributed by atoms with E-state index < -0.39 is 120 Å². The third-order valence-electron chi connectivity index (χ3n) is 21.9. The Morgan fingerprint density at radius 1 is 0.745 bits per heavy atom. The minimum Gasteiger partial charge on any atom is -0.459 e. The van der Waals surface area contributed by atoms with Gasteiger partial charge in [-0.25, -0.2) is 29.5 Å². The zero-order valence-electron chi connectivity index (χ0n) is 61.3. The van der Waals surface area contributed by atoms with Crippen LogP contribution in [-0.4, -0.2) is 263 Å². The van der Waals surface area contributed by atoms with Crippen LogP contribution in [0, 0.1) is 29.6 Å². The number of methoxy groups -OCH3 is 2. The highest BCUT2D eigenvalue weighted by molar-refractivity contribution is 6.39. The summed E-state index contributed by atoms with van der Waals surface area (Å²) in [4.78, 5) is 128. The molecule has 15 atom stereocenters. The van der Waals surface area contributed by atoms with Crippen molar-refractivity contribution in [3.05, 3.63) is 83.0 Å². The number of allylic oxidation sites excluding steroid dienone is 6. The molecule has 4 saturated heterocycles. The van der Waals surface area contributed by atoms with Gasteiger partial charge in [0.2, 0.25) is 17.7 Å². The summed E-state index contributed by atoms with van der Waals surface area (Å²) in [6, 6.07) is -2.22.